The average molecular weight is 478 g/mol. The fraction of sp³-hybridized carbons (Fsp3) is 0.409. The lowest BCUT2D eigenvalue weighted by Gasteiger charge is -2.41. The van der Waals surface area contributed by atoms with Gasteiger partial charge in [0.1, 0.15) is 0 Å². The van der Waals surface area contributed by atoms with Gasteiger partial charge >= 0.3 is 0 Å². The second-order valence-electron chi connectivity index (χ2n) is 8.55. The highest BCUT2D eigenvalue weighted by Gasteiger charge is 2.42. The van der Waals surface area contributed by atoms with Gasteiger partial charge in [-0.05, 0) is 42.7 Å². The quantitative estimate of drug-likeness (QED) is 0.631. The van der Waals surface area contributed by atoms with Crippen LogP contribution in [0.5, 0.6) is 0 Å². The van der Waals surface area contributed by atoms with E-state index in [2.05, 4.69) is 17.0 Å². The van der Waals surface area contributed by atoms with Crippen molar-refractivity contribution in [1.82, 2.24) is 9.80 Å². The molecule has 2 bridgehead atoms. The Hall–Kier alpha value is -2.43. The molecule has 0 aliphatic carbocycles. The number of likely N-dealkylation sites (tertiary alicyclic amines) is 1. The van der Waals surface area contributed by atoms with Crippen molar-refractivity contribution in [3.63, 3.8) is 0 Å². The maximum absolute atomic E-state index is 13.3. The molecule has 0 N–H and O–H groups in total. The third kappa shape index (κ3) is 4.67. The van der Waals surface area contributed by atoms with Crippen molar-refractivity contribution in [2.24, 2.45) is 0 Å². The average Bonchev–Trinajstić information content (AvgIpc) is 2.97. The molecule has 8 nitrogen and oxygen atoms in total. The van der Waals surface area contributed by atoms with Crippen LogP contribution in [0.2, 0.25) is 0 Å². The van der Waals surface area contributed by atoms with Crippen LogP contribution in [0.4, 0.5) is 5.69 Å². The number of benzene rings is 2. The third-order valence-electron chi connectivity index (χ3n) is 5.97. The highest BCUT2D eigenvalue weighted by Crippen LogP contribution is 2.33. The number of nitrogens with zero attached hydrogens (tertiary/aromatic N) is 3. The second kappa shape index (κ2) is 8.49. The van der Waals surface area contributed by atoms with Crippen LogP contribution in [-0.4, -0.2) is 70.2 Å². The summed E-state index contributed by atoms with van der Waals surface area (Å²) >= 11 is 0. The van der Waals surface area contributed by atoms with E-state index in [1.807, 2.05) is 23.1 Å². The molecular weight excluding hydrogens is 450 g/mol. The molecule has 32 heavy (non-hydrogen) atoms. The van der Waals surface area contributed by atoms with Crippen molar-refractivity contribution in [3.05, 3.63) is 65.7 Å². The minimum absolute atomic E-state index is 0.0118. The Morgan fingerprint density at radius 1 is 0.875 bits per heavy atom. The van der Waals surface area contributed by atoms with Gasteiger partial charge in [-0.15, -0.1) is 0 Å². The number of fused-ring (bicyclic) bond motifs is 2. The van der Waals surface area contributed by atoms with Crippen LogP contribution in [0.25, 0.3) is 0 Å². The first-order valence-electron chi connectivity index (χ1n) is 10.4. The molecule has 0 saturated carbocycles. The Balaban J connectivity index is 1.49. The molecule has 172 valence electrons. The van der Waals surface area contributed by atoms with E-state index in [1.165, 1.54) is 29.8 Å². The van der Waals surface area contributed by atoms with Gasteiger partial charge in [0, 0.05) is 37.3 Å². The molecule has 2 heterocycles. The molecule has 2 fully saturated rings. The number of rotatable bonds is 6. The zero-order chi connectivity index (χ0) is 23.1. The van der Waals surface area contributed by atoms with E-state index in [-0.39, 0.29) is 23.7 Å². The lowest BCUT2D eigenvalue weighted by atomic mass is 10.1. The fourth-order valence-electron chi connectivity index (χ4n) is 4.80. The molecule has 1 amide bonds. The first-order valence-corrected chi connectivity index (χ1v) is 14.1. The van der Waals surface area contributed by atoms with Crippen molar-refractivity contribution >= 4 is 31.6 Å². The molecule has 0 radical (unpaired) electrons. The lowest BCUT2D eigenvalue weighted by Crippen LogP contribution is -2.55. The van der Waals surface area contributed by atoms with Crippen molar-refractivity contribution < 1.29 is 21.6 Å². The highest BCUT2D eigenvalue weighted by molar-refractivity contribution is 8.09. The highest BCUT2D eigenvalue weighted by atomic mass is 32.3. The van der Waals surface area contributed by atoms with Gasteiger partial charge < -0.3 is 4.90 Å². The van der Waals surface area contributed by atoms with Gasteiger partial charge in [0.2, 0.25) is 20.0 Å². The summed E-state index contributed by atoms with van der Waals surface area (Å²) in [5.41, 5.74) is 1.66. The molecule has 0 spiro atoms. The monoisotopic (exact) mass is 477 g/mol. The van der Waals surface area contributed by atoms with Gasteiger partial charge in [-0.2, -0.15) is 3.71 Å². The summed E-state index contributed by atoms with van der Waals surface area (Å²) in [6.07, 6.45) is 3.57. The zero-order valence-electron chi connectivity index (χ0n) is 18.1. The minimum atomic E-state index is -4.02. The van der Waals surface area contributed by atoms with Gasteiger partial charge in [0.15, 0.2) is 0 Å². The molecule has 4 rings (SSSR count). The van der Waals surface area contributed by atoms with Gasteiger partial charge in [-0.1, -0.05) is 30.3 Å². The summed E-state index contributed by atoms with van der Waals surface area (Å²) < 4.78 is 48.2. The maximum Gasteiger partial charge on any atom is 0.254 e. The standard InChI is InChI=1S/C22H27N3O5S2/c1-31(27,28)25(32(2,29)30)19-10-8-18(9-11-19)22(26)24-20-12-13-21(24)16-23(15-20)14-17-6-4-3-5-7-17/h3-11,20-21H,12-16H2,1-2H3/t20-,21+. The normalized spacial score (nSPS) is 21.5. The number of amides is 1. The lowest BCUT2D eigenvalue weighted by molar-refractivity contribution is 0.0405. The van der Waals surface area contributed by atoms with E-state index < -0.39 is 20.0 Å². The van der Waals surface area contributed by atoms with Crippen LogP contribution in [-0.2, 0) is 26.6 Å². The molecule has 2 aliphatic heterocycles. The Morgan fingerprint density at radius 2 is 1.41 bits per heavy atom. The molecule has 2 atom stereocenters. The summed E-state index contributed by atoms with van der Waals surface area (Å²) in [5, 5.41) is 0. The number of sulfonamides is 2. The molecule has 2 aromatic carbocycles. The van der Waals surface area contributed by atoms with Crippen LogP contribution in [0, 0.1) is 0 Å². The first-order chi connectivity index (χ1) is 15.0. The van der Waals surface area contributed by atoms with E-state index in [4.69, 9.17) is 0 Å². The number of piperazine rings is 1. The topological polar surface area (TPSA) is 95.1 Å². The zero-order valence-corrected chi connectivity index (χ0v) is 19.7. The number of carbonyl (C=O) groups is 1. The van der Waals surface area contributed by atoms with E-state index in [9.17, 15) is 21.6 Å². The molecule has 0 unspecified atom stereocenters. The van der Waals surface area contributed by atoms with E-state index >= 15 is 0 Å². The summed E-state index contributed by atoms with van der Waals surface area (Å²) in [7, 11) is -8.05. The number of anilines is 1. The second-order valence-corrected chi connectivity index (χ2v) is 12.4. The molecule has 2 aromatic rings. The Labute approximate surface area is 189 Å². The summed E-state index contributed by atoms with van der Waals surface area (Å²) in [5.74, 6) is -0.103. The summed E-state index contributed by atoms with van der Waals surface area (Å²) in [6, 6.07) is 16.3. The number of hydrogen-bond acceptors (Lipinski definition) is 6. The number of carbonyl (C=O) groups excluding carboxylic acids is 1. The van der Waals surface area contributed by atoms with Gasteiger partial charge in [-0.25, -0.2) is 16.8 Å². The maximum atomic E-state index is 13.3. The van der Waals surface area contributed by atoms with E-state index in [1.54, 1.807) is 0 Å². The largest absolute Gasteiger partial charge is 0.330 e. The third-order valence-corrected chi connectivity index (χ3v) is 9.22. The van der Waals surface area contributed by atoms with Crippen LogP contribution in [0.3, 0.4) is 0 Å². The predicted octanol–water partition coefficient (Wildman–Crippen LogP) is 1.90. The van der Waals surface area contributed by atoms with Crippen molar-refractivity contribution in [2.45, 2.75) is 31.5 Å². The predicted molar refractivity (Wildman–Crippen MR) is 123 cm³/mol. The smallest absolute Gasteiger partial charge is 0.254 e. The van der Waals surface area contributed by atoms with Crippen LogP contribution >= 0.6 is 0 Å². The summed E-state index contributed by atoms with van der Waals surface area (Å²) in [4.78, 5) is 17.6. The molecule has 0 aromatic heterocycles. The van der Waals surface area contributed by atoms with Gasteiger partial charge in [0.25, 0.3) is 5.91 Å². The Bertz CT molecular complexity index is 1150. The van der Waals surface area contributed by atoms with Crippen LogP contribution in [0.1, 0.15) is 28.8 Å². The molecule has 2 saturated heterocycles. The van der Waals surface area contributed by atoms with E-state index in [0.29, 0.717) is 9.27 Å². The molecule has 10 heteroatoms. The Kier molecular flexibility index (Phi) is 6.04. The van der Waals surface area contributed by atoms with Crippen LogP contribution in [0.15, 0.2) is 54.6 Å². The fourth-order valence-corrected chi connectivity index (χ4v) is 7.77. The summed E-state index contributed by atoms with van der Waals surface area (Å²) in [6.45, 7) is 2.48. The number of hydrogen-bond donors (Lipinski definition) is 0. The SMILES string of the molecule is CS(=O)(=O)N(c1ccc(C(=O)N2[C@@H]3CC[C@H]2CN(Cc2ccccc2)C3)cc1)S(C)(=O)=O. The van der Waals surface area contributed by atoms with Crippen molar-refractivity contribution in [3.8, 4) is 0 Å². The van der Waals surface area contributed by atoms with Crippen LogP contribution < -0.4 is 3.71 Å². The van der Waals surface area contributed by atoms with Crippen molar-refractivity contribution in [2.75, 3.05) is 29.3 Å². The molecule has 2 aliphatic rings. The van der Waals surface area contributed by atoms with E-state index in [0.717, 1.165) is 45.0 Å². The molecular formula is C22H27N3O5S2. The minimum Gasteiger partial charge on any atom is -0.330 e. The van der Waals surface area contributed by atoms with Crippen molar-refractivity contribution in [1.29, 1.82) is 0 Å². The Morgan fingerprint density at radius 3 is 1.91 bits per heavy atom. The van der Waals surface area contributed by atoms with Gasteiger partial charge in [0.05, 0.1) is 18.2 Å². The first kappa shape index (κ1) is 22.8. The van der Waals surface area contributed by atoms with Gasteiger partial charge in [-0.3, -0.25) is 9.69 Å².